The van der Waals surface area contributed by atoms with Crippen LogP contribution in [-0.2, 0) is 6.54 Å². The van der Waals surface area contributed by atoms with Crippen molar-refractivity contribution in [2.45, 2.75) is 50.7 Å². The minimum atomic E-state index is 0.0404. The Morgan fingerprint density at radius 2 is 1.77 bits per heavy atom. The molecule has 162 valence electrons. The molecule has 0 spiro atoms. The van der Waals surface area contributed by atoms with Crippen LogP contribution in [0.4, 0.5) is 0 Å². The predicted octanol–water partition coefficient (Wildman–Crippen LogP) is 3.77. The molecule has 1 saturated carbocycles. The molecular formula is C24H34N4O2. The van der Waals surface area contributed by atoms with Crippen molar-refractivity contribution in [2.75, 3.05) is 20.8 Å². The van der Waals surface area contributed by atoms with E-state index in [9.17, 15) is 0 Å². The third-order valence-electron chi connectivity index (χ3n) is 5.87. The summed E-state index contributed by atoms with van der Waals surface area (Å²) in [5.41, 5.74) is 8.54. The van der Waals surface area contributed by atoms with Gasteiger partial charge in [-0.2, -0.15) is 0 Å². The molecule has 0 saturated heterocycles. The monoisotopic (exact) mass is 410 g/mol. The molecule has 2 aromatic rings. The lowest BCUT2D eigenvalue weighted by molar-refractivity contribution is 0.297. The lowest BCUT2D eigenvalue weighted by atomic mass is 9.94. The van der Waals surface area contributed by atoms with Crippen molar-refractivity contribution < 1.29 is 9.47 Å². The van der Waals surface area contributed by atoms with Crippen molar-refractivity contribution in [1.29, 1.82) is 0 Å². The van der Waals surface area contributed by atoms with Gasteiger partial charge in [0, 0.05) is 18.1 Å². The van der Waals surface area contributed by atoms with Crippen LogP contribution in [0, 0.1) is 0 Å². The van der Waals surface area contributed by atoms with E-state index in [-0.39, 0.29) is 11.6 Å². The van der Waals surface area contributed by atoms with Gasteiger partial charge in [-0.3, -0.25) is 0 Å². The van der Waals surface area contributed by atoms with Gasteiger partial charge < -0.3 is 25.8 Å². The third kappa shape index (κ3) is 5.66. The summed E-state index contributed by atoms with van der Waals surface area (Å²) in [6.07, 6.45) is 4.75. The summed E-state index contributed by atoms with van der Waals surface area (Å²) in [4.78, 5) is 4.51. The molecule has 6 nitrogen and oxygen atoms in total. The largest absolute Gasteiger partial charge is 0.493 e. The van der Waals surface area contributed by atoms with Gasteiger partial charge in [0.15, 0.2) is 17.5 Å². The van der Waals surface area contributed by atoms with Gasteiger partial charge in [-0.1, -0.05) is 49.2 Å². The minimum absolute atomic E-state index is 0.0404. The minimum Gasteiger partial charge on any atom is -0.493 e. The highest BCUT2D eigenvalue weighted by molar-refractivity contribution is 5.77. The number of guanidine groups is 1. The molecule has 0 aromatic heterocycles. The van der Waals surface area contributed by atoms with Crippen LogP contribution in [-0.4, -0.2) is 32.3 Å². The molecule has 0 radical (unpaired) electrons. The van der Waals surface area contributed by atoms with E-state index >= 15 is 0 Å². The third-order valence-corrected chi connectivity index (χ3v) is 5.87. The van der Waals surface area contributed by atoms with Gasteiger partial charge >= 0.3 is 0 Å². The Labute approximate surface area is 179 Å². The summed E-state index contributed by atoms with van der Waals surface area (Å²) in [6, 6.07) is 16.7. The average Bonchev–Trinajstić information content (AvgIpc) is 3.25. The van der Waals surface area contributed by atoms with Crippen molar-refractivity contribution in [3.63, 3.8) is 0 Å². The van der Waals surface area contributed by atoms with Crippen LogP contribution in [0.2, 0.25) is 0 Å². The molecule has 3 rings (SSSR count). The number of methoxy groups -OCH3 is 2. The number of aliphatic imine (C=N–C) groups is 1. The first kappa shape index (κ1) is 22.0. The van der Waals surface area contributed by atoms with E-state index in [0.717, 1.165) is 24.9 Å². The van der Waals surface area contributed by atoms with E-state index in [0.29, 0.717) is 24.0 Å². The molecule has 4 N–H and O–H groups in total. The number of nitrogens with two attached hydrogens (primary N) is 1. The van der Waals surface area contributed by atoms with Gasteiger partial charge in [-0.05, 0) is 43.0 Å². The lowest BCUT2D eigenvalue weighted by Crippen LogP contribution is -2.53. The first-order chi connectivity index (χ1) is 14.5. The summed E-state index contributed by atoms with van der Waals surface area (Å²) in [5.74, 6) is 1.86. The molecule has 1 fully saturated rings. The number of hydrogen-bond donors (Lipinski definition) is 3. The van der Waals surface area contributed by atoms with E-state index in [2.05, 4.69) is 52.9 Å². The van der Waals surface area contributed by atoms with Gasteiger partial charge in [0.1, 0.15) is 0 Å². The van der Waals surface area contributed by atoms with Crippen LogP contribution in [0.1, 0.15) is 49.8 Å². The van der Waals surface area contributed by atoms with Gasteiger partial charge in [-0.15, -0.1) is 0 Å². The molecule has 0 amide bonds. The quantitative estimate of drug-likeness (QED) is 0.433. The lowest BCUT2D eigenvalue weighted by Gasteiger charge is -2.34. The van der Waals surface area contributed by atoms with Crippen LogP contribution in [0.15, 0.2) is 53.5 Å². The number of rotatable bonds is 9. The molecule has 1 aliphatic rings. The topological polar surface area (TPSA) is 80.9 Å². The van der Waals surface area contributed by atoms with E-state index < -0.39 is 0 Å². The molecule has 0 aliphatic heterocycles. The fourth-order valence-corrected chi connectivity index (χ4v) is 4.18. The summed E-state index contributed by atoms with van der Waals surface area (Å²) in [7, 11) is 3.26. The molecule has 0 heterocycles. The molecule has 6 heteroatoms. The number of ether oxygens (including phenoxy) is 2. The Bertz CT molecular complexity index is 832. The van der Waals surface area contributed by atoms with E-state index in [1.165, 1.54) is 18.4 Å². The maximum atomic E-state index is 6.18. The molecular weight excluding hydrogens is 376 g/mol. The van der Waals surface area contributed by atoms with Crippen LogP contribution in [0.3, 0.4) is 0 Å². The van der Waals surface area contributed by atoms with Gasteiger partial charge in [0.05, 0.1) is 20.8 Å². The van der Waals surface area contributed by atoms with Crippen molar-refractivity contribution >= 4 is 5.96 Å². The Morgan fingerprint density at radius 1 is 1.07 bits per heavy atom. The second-order valence-electron chi connectivity index (χ2n) is 8.01. The van der Waals surface area contributed by atoms with E-state index in [1.807, 2.05) is 18.2 Å². The molecule has 30 heavy (non-hydrogen) atoms. The second-order valence-corrected chi connectivity index (χ2v) is 8.01. The Hall–Kier alpha value is -2.73. The van der Waals surface area contributed by atoms with Crippen molar-refractivity contribution in [2.24, 2.45) is 10.7 Å². The van der Waals surface area contributed by atoms with Crippen LogP contribution >= 0.6 is 0 Å². The highest BCUT2D eigenvalue weighted by Gasteiger charge is 2.34. The zero-order valence-electron chi connectivity index (χ0n) is 18.3. The molecule has 1 unspecified atom stereocenters. The first-order valence-corrected chi connectivity index (χ1v) is 10.6. The fourth-order valence-electron chi connectivity index (χ4n) is 4.18. The zero-order chi connectivity index (χ0) is 21.4. The SMILES string of the molecule is COc1ccc(CN=C(N)NCC2(NC(C)c3ccccc3)CCCC2)cc1OC. The van der Waals surface area contributed by atoms with Crippen LogP contribution in [0.5, 0.6) is 11.5 Å². The maximum Gasteiger partial charge on any atom is 0.188 e. The zero-order valence-corrected chi connectivity index (χ0v) is 18.3. The number of nitrogens with zero attached hydrogens (tertiary/aromatic N) is 1. The normalized spacial score (nSPS) is 16.8. The highest BCUT2D eigenvalue weighted by atomic mass is 16.5. The van der Waals surface area contributed by atoms with Crippen molar-refractivity contribution in [3.05, 3.63) is 59.7 Å². The maximum absolute atomic E-state index is 6.18. The Morgan fingerprint density at radius 3 is 2.43 bits per heavy atom. The molecule has 1 aliphatic carbocycles. The van der Waals surface area contributed by atoms with Gasteiger partial charge in [0.25, 0.3) is 0 Å². The average molecular weight is 411 g/mol. The number of benzene rings is 2. The van der Waals surface area contributed by atoms with Gasteiger partial charge in [-0.25, -0.2) is 4.99 Å². The molecule has 2 aromatic carbocycles. The first-order valence-electron chi connectivity index (χ1n) is 10.6. The van der Waals surface area contributed by atoms with Crippen LogP contribution < -0.4 is 25.8 Å². The number of hydrogen-bond acceptors (Lipinski definition) is 4. The standard InChI is InChI=1S/C24H34N4O2/c1-18(20-9-5-4-6-10-20)28-24(13-7-8-14-24)17-27-23(25)26-16-19-11-12-21(29-2)22(15-19)30-3/h4-6,9-12,15,18,28H,7-8,13-14,16-17H2,1-3H3,(H3,25,26,27). The summed E-state index contributed by atoms with van der Waals surface area (Å²) in [5, 5.41) is 7.21. The van der Waals surface area contributed by atoms with E-state index in [4.69, 9.17) is 15.2 Å². The smallest absolute Gasteiger partial charge is 0.188 e. The summed E-state index contributed by atoms with van der Waals surface area (Å²) >= 11 is 0. The summed E-state index contributed by atoms with van der Waals surface area (Å²) in [6.45, 7) is 3.48. The molecule has 1 atom stereocenters. The summed E-state index contributed by atoms with van der Waals surface area (Å²) < 4.78 is 10.6. The number of nitrogens with one attached hydrogen (secondary N) is 2. The second kappa shape index (κ2) is 10.3. The van der Waals surface area contributed by atoms with Crippen molar-refractivity contribution in [1.82, 2.24) is 10.6 Å². The highest BCUT2D eigenvalue weighted by Crippen LogP contribution is 2.32. The Balaban J connectivity index is 1.59. The fraction of sp³-hybridized carbons (Fsp3) is 0.458. The van der Waals surface area contributed by atoms with Gasteiger partial charge in [0.2, 0.25) is 0 Å². The predicted molar refractivity (Wildman–Crippen MR) is 122 cm³/mol. The molecule has 0 bridgehead atoms. The van der Waals surface area contributed by atoms with E-state index in [1.54, 1.807) is 14.2 Å². The Kier molecular flexibility index (Phi) is 7.57. The van der Waals surface area contributed by atoms with Crippen molar-refractivity contribution in [3.8, 4) is 11.5 Å². The van der Waals surface area contributed by atoms with Crippen LogP contribution in [0.25, 0.3) is 0 Å².